The largest absolute Gasteiger partial charge is 0.419 e. The lowest BCUT2D eigenvalue weighted by Gasteiger charge is -2.05. The molecule has 0 atom stereocenters. The van der Waals surface area contributed by atoms with Crippen molar-refractivity contribution in [3.8, 4) is 11.5 Å². The predicted molar refractivity (Wildman–Crippen MR) is 110 cm³/mol. The average Bonchev–Trinajstić information content (AvgIpc) is 3.07. The van der Waals surface area contributed by atoms with Crippen LogP contribution >= 0.6 is 15.9 Å². The Morgan fingerprint density at radius 3 is 2.56 bits per heavy atom. The van der Waals surface area contributed by atoms with Gasteiger partial charge in [-0.25, -0.2) is 8.42 Å². The Kier molecular flexibility index (Phi) is 6.01. The van der Waals surface area contributed by atoms with Gasteiger partial charge in [0.05, 0.1) is 4.90 Å². The summed E-state index contributed by atoms with van der Waals surface area (Å²) in [6.07, 6.45) is 1.89. The molecule has 0 bridgehead atoms. The van der Waals surface area contributed by atoms with Crippen LogP contribution in [-0.2, 0) is 9.84 Å². The summed E-state index contributed by atoms with van der Waals surface area (Å²) < 4.78 is 32.9. The van der Waals surface area contributed by atoms with Gasteiger partial charge in [-0.05, 0) is 49.7 Å². The lowest BCUT2D eigenvalue weighted by molar-refractivity contribution is 0.575. The Bertz CT molecular complexity index is 1030. The van der Waals surface area contributed by atoms with Crippen LogP contribution in [0.25, 0.3) is 11.5 Å². The lowest BCUT2D eigenvalue weighted by atomic mass is 10.1. The molecule has 0 radical (unpaired) electrons. The van der Waals surface area contributed by atoms with E-state index in [0.717, 1.165) is 28.4 Å². The fourth-order valence-electron chi connectivity index (χ4n) is 2.61. The maximum atomic E-state index is 13.1. The minimum Gasteiger partial charge on any atom is -0.419 e. The van der Waals surface area contributed by atoms with E-state index in [2.05, 4.69) is 33.2 Å². The summed E-state index contributed by atoms with van der Waals surface area (Å²) in [5.74, 6) is 0.469. The molecule has 0 saturated heterocycles. The molecule has 1 N–H and O–H groups in total. The summed E-state index contributed by atoms with van der Waals surface area (Å²) in [4.78, 5) is 4.52. The zero-order valence-electron chi connectivity index (χ0n) is 15.2. The minimum atomic E-state index is -3.81. The van der Waals surface area contributed by atoms with Crippen LogP contribution in [0, 0.1) is 6.92 Å². The second-order valence-corrected chi connectivity index (χ2v) is 9.04. The van der Waals surface area contributed by atoms with E-state index in [1.165, 1.54) is 0 Å². The summed E-state index contributed by atoms with van der Waals surface area (Å²) in [7, 11) is -3.81. The number of aromatic nitrogens is 1. The fourth-order valence-corrected chi connectivity index (χ4v) is 4.15. The molecule has 1 aromatic heterocycles. The number of sulfone groups is 1. The number of hydrogen-bond acceptors (Lipinski definition) is 5. The van der Waals surface area contributed by atoms with Gasteiger partial charge in [0, 0.05) is 16.6 Å². The zero-order valence-corrected chi connectivity index (χ0v) is 17.6. The van der Waals surface area contributed by atoms with Crippen molar-refractivity contribution < 1.29 is 12.8 Å². The van der Waals surface area contributed by atoms with Gasteiger partial charge in [0.15, 0.2) is 0 Å². The van der Waals surface area contributed by atoms with Gasteiger partial charge < -0.3 is 9.73 Å². The molecule has 142 valence electrons. The van der Waals surface area contributed by atoms with Crippen LogP contribution in [0.2, 0.25) is 0 Å². The van der Waals surface area contributed by atoms with E-state index in [4.69, 9.17) is 4.42 Å². The third-order valence-corrected chi connectivity index (χ3v) is 6.26. The normalized spacial score (nSPS) is 11.5. The number of nitrogens with one attached hydrogen (secondary N) is 1. The van der Waals surface area contributed by atoms with E-state index in [9.17, 15) is 8.42 Å². The summed E-state index contributed by atoms with van der Waals surface area (Å²) in [6.45, 7) is 4.65. The molecule has 3 aromatic rings. The van der Waals surface area contributed by atoms with Crippen molar-refractivity contribution in [2.24, 2.45) is 0 Å². The van der Waals surface area contributed by atoms with Crippen LogP contribution in [0.1, 0.15) is 25.3 Å². The monoisotopic (exact) mass is 448 g/mol. The topological polar surface area (TPSA) is 72.2 Å². The second-order valence-electron chi connectivity index (χ2n) is 6.26. The summed E-state index contributed by atoms with van der Waals surface area (Å²) in [5, 5.41) is 3.00. The number of nitrogens with zero attached hydrogens (tertiary/aromatic N) is 1. The SMILES string of the molecule is CCCCNc1oc(-c2cccc(C)c2)nc1S(=O)(=O)c1ccc(Br)cc1. The number of benzene rings is 2. The van der Waals surface area contributed by atoms with Gasteiger partial charge in [-0.1, -0.05) is 47.0 Å². The molecule has 0 unspecified atom stereocenters. The smallest absolute Gasteiger partial charge is 0.233 e. The molecule has 0 aliphatic heterocycles. The first-order valence-electron chi connectivity index (χ1n) is 8.74. The van der Waals surface area contributed by atoms with E-state index >= 15 is 0 Å². The van der Waals surface area contributed by atoms with Gasteiger partial charge >= 0.3 is 0 Å². The first-order chi connectivity index (χ1) is 12.9. The molecule has 0 aliphatic carbocycles. The Labute approximate surface area is 167 Å². The molecule has 0 amide bonds. The van der Waals surface area contributed by atoms with Crippen molar-refractivity contribution in [2.45, 2.75) is 36.6 Å². The molecule has 0 saturated carbocycles. The Morgan fingerprint density at radius 2 is 1.89 bits per heavy atom. The molecule has 5 nitrogen and oxygen atoms in total. The van der Waals surface area contributed by atoms with Crippen molar-refractivity contribution in [2.75, 3.05) is 11.9 Å². The van der Waals surface area contributed by atoms with Crippen molar-refractivity contribution in [3.63, 3.8) is 0 Å². The molecule has 27 heavy (non-hydrogen) atoms. The first-order valence-corrected chi connectivity index (χ1v) is 11.0. The number of aryl methyl sites for hydroxylation is 1. The maximum Gasteiger partial charge on any atom is 0.233 e. The van der Waals surface area contributed by atoms with E-state index in [1.807, 2.05) is 31.2 Å². The number of halogens is 1. The molecule has 3 rings (SSSR count). The van der Waals surface area contributed by atoms with E-state index in [1.54, 1.807) is 24.3 Å². The summed E-state index contributed by atoms with van der Waals surface area (Å²) in [6, 6.07) is 14.1. The highest BCUT2D eigenvalue weighted by atomic mass is 79.9. The lowest BCUT2D eigenvalue weighted by Crippen LogP contribution is -2.08. The highest BCUT2D eigenvalue weighted by molar-refractivity contribution is 9.10. The zero-order chi connectivity index (χ0) is 19.4. The van der Waals surface area contributed by atoms with Gasteiger partial charge in [0.1, 0.15) is 0 Å². The Balaban J connectivity index is 2.07. The van der Waals surface area contributed by atoms with Crippen LogP contribution in [0.5, 0.6) is 0 Å². The van der Waals surface area contributed by atoms with Gasteiger partial charge in [0.2, 0.25) is 26.6 Å². The second kappa shape index (κ2) is 8.27. The van der Waals surface area contributed by atoms with Crippen LogP contribution in [0.3, 0.4) is 0 Å². The Hall–Kier alpha value is -2.12. The van der Waals surface area contributed by atoms with Crippen LogP contribution in [-0.4, -0.2) is 19.9 Å². The van der Waals surface area contributed by atoms with Gasteiger partial charge in [0.25, 0.3) is 0 Å². The number of unbranched alkanes of at least 4 members (excludes halogenated alkanes) is 1. The van der Waals surface area contributed by atoms with E-state index in [0.29, 0.717) is 6.54 Å². The van der Waals surface area contributed by atoms with Crippen molar-refractivity contribution in [1.82, 2.24) is 4.98 Å². The first kappa shape index (κ1) is 19.6. The standard InChI is InChI=1S/C20H21BrN2O3S/c1-3-4-12-22-19-20(27(24,25)17-10-8-16(21)9-11-17)23-18(26-19)15-7-5-6-14(2)13-15/h5-11,13,22H,3-4,12H2,1-2H3. The highest BCUT2D eigenvalue weighted by Crippen LogP contribution is 2.33. The highest BCUT2D eigenvalue weighted by Gasteiger charge is 2.28. The quantitative estimate of drug-likeness (QED) is 0.485. The van der Waals surface area contributed by atoms with Crippen LogP contribution in [0.15, 0.2) is 67.3 Å². The van der Waals surface area contributed by atoms with Crippen molar-refractivity contribution in [1.29, 1.82) is 0 Å². The van der Waals surface area contributed by atoms with E-state index in [-0.39, 0.29) is 21.7 Å². The summed E-state index contributed by atoms with van der Waals surface area (Å²) in [5.41, 5.74) is 1.79. The van der Waals surface area contributed by atoms with Crippen LogP contribution in [0.4, 0.5) is 5.88 Å². The minimum absolute atomic E-state index is 0.0857. The van der Waals surface area contributed by atoms with Gasteiger partial charge in [-0.15, -0.1) is 0 Å². The molecular weight excluding hydrogens is 428 g/mol. The molecule has 0 fully saturated rings. The molecule has 0 spiro atoms. The third kappa shape index (κ3) is 4.42. The molecule has 0 aliphatic rings. The van der Waals surface area contributed by atoms with Crippen LogP contribution < -0.4 is 5.32 Å². The number of rotatable bonds is 7. The number of hydrogen-bond donors (Lipinski definition) is 1. The molecular formula is C20H21BrN2O3S. The maximum absolute atomic E-state index is 13.1. The predicted octanol–water partition coefficient (Wildman–Crippen LogP) is 5.46. The summed E-state index contributed by atoms with van der Waals surface area (Å²) >= 11 is 3.33. The van der Waals surface area contributed by atoms with Crippen molar-refractivity contribution >= 4 is 31.7 Å². The van der Waals surface area contributed by atoms with Gasteiger partial charge in [-0.2, -0.15) is 4.98 Å². The number of anilines is 1. The van der Waals surface area contributed by atoms with E-state index < -0.39 is 9.84 Å². The third-order valence-electron chi connectivity index (χ3n) is 4.06. The number of oxazole rings is 1. The fraction of sp³-hybridized carbons (Fsp3) is 0.250. The molecule has 1 heterocycles. The molecule has 7 heteroatoms. The molecule has 2 aromatic carbocycles. The Morgan fingerprint density at radius 1 is 1.15 bits per heavy atom. The van der Waals surface area contributed by atoms with Crippen molar-refractivity contribution in [3.05, 3.63) is 58.6 Å². The average molecular weight is 449 g/mol. The van der Waals surface area contributed by atoms with Gasteiger partial charge in [-0.3, -0.25) is 0 Å².